The standard InChI is InChI=1S/C5H6O4/c6-4(3-1-2-3)9-5(7)8/h3H,1-2H2,(H,7,8). The second-order valence-electron chi connectivity index (χ2n) is 1.96. The molecule has 1 aliphatic carbocycles. The number of rotatable bonds is 1. The molecule has 0 saturated heterocycles. The van der Waals surface area contributed by atoms with E-state index in [4.69, 9.17) is 5.11 Å². The van der Waals surface area contributed by atoms with E-state index in [0.29, 0.717) is 0 Å². The highest BCUT2D eigenvalue weighted by Gasteiger charge is 2.32. The SMILES string of the molecule is O=C(O)OC(=O)C1CC1. The van der Waals surface area contributed by atoms with Crippen molar-refractivity contribution in [3.05, 3.63) is 0 Å². The van der Waals surface area contributed by atoms with Crippen LogP contribution in [0.4, 0.5) is 4.79 Å². The molecular weight excluding hydrogens is 124 g/mol. The first-order valence-corrected chi connectivity index (χ1v) is 2.65. The maximum Gasteiger partial charge on any atom is 0.513 e. The summed E-state index contributed by atoms with van der Waals surface area (Å²) < 4.78 is 3.85. The van der Waals surface area contributed by atoms with Crippen LogP contribution in [0.3, 0.4) is 0 Å². The van der Waals surface area contributed by atoms with Crippen molar-refractivity contribution in [2.45, 2.75) is 12.8 Å². The molecule has 0 aromatic rings. The first-order valence-electron chi connectivity index (χ1n) is 2.65. The smallest absolute Gasteiger partial charge is 0.449 e. The second kappa shape index (κ2) is 2.05. The molecule has 0 aliphatic heterocycles. The quantitative estimate of drug-likeness (QED) is 0.417. The number of hydrogen-bond donors (Lipinski definition) is 1. The molecule has 0 bridgehead atoms. The van der Waals surface area contributed by atoms with E-state index in [2.05, 4.69) is 4.74 Å². The molecule has 1 saturated carbocycles. The Morgan fingerprint density at radius 2 is 2.00 bits per heavy atom. The summed E-state index contributed by atoms with van der Waals surface area (Å²) in [4.78, 5) is 20.1. The van der Waals surface area contributed by atoms with E-state index in [1.54, 1.807) is 0 Å². The summed E-state index contributed by atoms with van der Waals surface area (Å²) in [6, 6.07) is 0. The normalized spacial score (nSPS) is 16.9. The Bertz CT molecular complexity index is 147. The van der Waals surface area contributed by atoms with Gasteiger partial charge in [0.2, 0.25) is 0 Å². The lowest BCUT2D eigenvalue weighted by Gasteiger charge is -1.91. The number of carboxylic acid groups (broad SMARTS) is 1. The fourth-order valence-corrected chi connectivity index (χ4v) is 0.488. The van der Waals surface area contributed by atoms with Crippen LogP contribution in [0.2, 0.25) is 0 Å². The summed E-state index contributed by atoms with van der Waals surface area (Å²) in [6.07, 6.45) is 0.0324. The summed E-state index contributed by atoms with van der Waals surface area (Å²) in [5.74, 6) is -0.747. The molecule has 50 valence electrons. The van der Waals surface area contributed by atoms with Gasteiger partial charge in [0, 0.05) is 0 Å². The first-order chi connectivity index (χ1) is 4.20. The van der Waals surface area contributed by atoms with E-state index < -0.39 is 12.1 Å². The van der Waals surface area contributed by atoms with Gasteiger partial charge in [0.1, 0.15) is 0 Å². The zero-order chi connectivity index (χ0) is 6.85. The van der Waals surface area contributed by atoms with E-state index in [1.807, 2.05) is 0 Å². The van der Waals surface area contributed by atoms with Gasteiger partial charge in [0.25, 0.3) is 0 Å². The van der Waals surface area contributed by atoms with Gasteiger partial charge in [-0.2, -0.15) is 0 Å². The Kier molecular flexibility index (Phi) is 1.38. The van der Waals surface area contributed by atoms with Crippen LogP contribution in [0.1, 0.15) is 12.8 Å². The third kappa shape index (κ3) is 1.71. The van der Waals surface area contributed by atoms with E-state index in [9.17, 15) is 9.59 Å². The predicted molar refractivity (Wildman–Crippen MR) is 26.8 cm³/mol. The molecule has 0 atom stereocenters. The van der Waals surface area contributed by atoms with Crippen LogP contribution in [0, 0.1) is 5.92 Å². The van der Waals surface area contributed by atoms with Crippen LogP contribution in [0.25, 0.3) is 0 Å². The van der Waals surface area contributed by atoms with Crippen molar-refractivity contribution in [2.75, 3.05) is 0 Å². The third-order valence-electron chi connectivity index (χ3n) is 1.10. The summed E-state index contributed by atoms with van der Waals surface area (Å²) >= 11 is 0. The van der Waals surface area contributed by atoms with Crippen LogP contribution in [-0.2, 0) is 9.53 Å². The summed E-state index contributed by atoms with van der Waals surface area (Å²) in [5.41, 5.74) is 0. The number of carbonyl (C=O) groups excluding carboxylic acids is 1. The second-order valence-corrected chi connectivity index (χ2v) is 1.96. The fourth-order valence-electron chi connectivity index (χ4n) is 0.488. The van der Waals surface area contributed by atoms with Gasteiger partial charge >= 0.3 is 12.1 Å². The molecule has 0 spiro atoms. The molecule has 4 nitrogen and oxygen atoms in total. The number of carbonyl (C=O) groups is 2. The van der Waals surface area contributed by atoms with Gasteiger partial charge in [-0.15, -0.1) is 0 Å². The third-order valence-corrected chi connectivity index (χ3v) is 1.10. The number of hydrogen-bond acceptors (Lipinski definition) is 3. The van der Waals surface area contributed by atoms with E-state index in [-0.39, 0.29) is 5.92 Å². The van der Waals surface area contributed by atoms with E-state index in [0.717, 1.165) is 12.8 Å². The van der Waals surface area contributed by atoms with Crippen LogP contribution in [0.5, 0.6) is 0 Å². The molecule has 1 fully saturated rings. The lowest BCUT2D eigenvalue weighted by Crippen LogP contribution is -2.10. The predicted octanol–water partition coefficient (Wildman–Crippen LogP) is 0.618. The lowest BCUT2D eigenvalue weighted by molar-refractivity contribution is -0.140. The Labute approximate surface area is 51.4 Å². The maximum absolute atomic E-state index is 10.4. The van der Waals surface area contributed by atoms with Crippen molar-refractivity contribution < 1.29 is 19.4 Å². The largest absolute Gasteiger partial charge is 0.513 e. The van der Waals surface area contributed by atoms with Gasteiger partial charge in [0.05, 0.1) is 5.92 Å². The van der Waals surface area contributed by atoms with Crippen LogP contribution in [-0.4, -0.2) is 17.2 Å². The summed E-state index contributed by atoms with van der Waals surface area (Å²) in [7, 11) is 0. The maximum atomic E-state index is 10.4. The molecule has 0 aromatic heterocycles. The molecule has 0 unspecified atom stereocenters. The minimum atomic E-state index is -1.51. The molecule has 0 aromatic carbocycles. The summed E-state index contributed by atoms with van der Waals surface area (Å²) in [5, 5.41) is 7.92. The van der Waals surface area contributed by atoms with Crippen LogP contribution in [0.15, 0.2) is 0 Å². The molecule has 1 rings (SSSR count). The Morgan fingerprint density at radius 1 is 1.44 bits per heavy atom. The highest BCUT2D eigenvalue weighted by molar-refractivity contribution is 5.84. The molecule has 1 N–H and O–H groups in total. The van der Waals surface area contributed by atoms with Crippen molar-refractivity contribution >= 4 is 12.1 Å². The van der Waals surface area contributed by atoms with Gasteiger partial charge in [-0.25, -0.2) is 4.79 Å². The van der Waals surface area contributed by atoms with Gasteiger partial charge in [-0.1, -0.05) is 0 Å². The fraction of sp³-hybridized carbons (Fsp3) is 0.600. The minimum Gasteiger partial charge on any atom is -0.449 e. The van der Waals surface area contributed by atoms with Crippen molar-refractivity contribution in [1.29, 1.82) is 0 Å². The van der Waals surface area contributed by atoms with Crippen molar-refractivity contribution in [3.63, 3.8) is 0 Å². The van der Waals surface area contributed by atoms with E-state index >= 15 is 0 Å². The average molecular weight is 130 g/mol. The van der Waals surface area contributed by atoms with Crippen molar-refractivity contribution in [1.82, 2.24) is 0 Å². The van der Waals surface area contributed by atoms with Crippen molar-refractivity contribution in [2.24, 2.45) is 5.92 Å². The highest BCUT2D eigenvalue weighted by Crippen LogP contribution is 2.29. The Hall–Kier alpha value is -1.06. The van der Waals surface area contributed by atoms with Gasteiger partial charge in [-0.05, 0) is 12.8 Å². The topological polar surface area (TPSA) is 63.6 Å². The zero-order valence-electron chi connectivity index (χ0n) is 4.66. The molecule has 1 aliphatic rings. The highest BCUT2D eigenvalue weighted by atomic mass is 16.7. The van der Waals surface area contributed by atoms with Gasteiger partial charge in [0.15, 0.2) is 0 Å². The number of esters is 1. The Morgan fingerprint density at radius 3 is 2.33 bits per heavy atom. The van der Waals surface area contributed by atoms with Crippen LogP contribution < -0.4 is 0 Å². The molecule has 0 amide bonds. The lowest BCUT2D eigenvalue weighted by atomic mass is 10.4. The monoisotopic (exact) mass is 130 g/mol. The minimum absolute atomic E-state index is 0.138. The zero-order valence-corrected chi connectivity index (χ0v) is 4.66. The molecule has 9 heavy (non-hydrogen) atoms. The molecule has 4 heteroatoms. The molecule has 0 heterocycles. The van der Waals surface area contributed by atoms with Crippen LogP contribution >= 0.6 is 0 Å². The Balaban J connectivity index is 2.26. The molecular formula is C5H6O4. The molecule has 0 radical (unpaired) electrons. The number of ether oxygens (including phenoxy) is 1. The first kappa shape index (κ1) is 6.07. The summed E-state index contributed by atoms with van der Waals surface area (Å²) in [6.45, 7) is 0. The average Bonchev–Trinajstić information content (AvgIpc) is 2.40. The van der Waals surface area contributed by atoms with Gasteiger partial charge in [-0.3, -0.25) is 4.79 Å². The van der Waals surface area contributed by atoms with E-state index in [1.165, 1.54) is 0 Å². The van der Waals surface area contributed by atoms with Crippen molar-refractivity contribution in [3.8, 4) is 0 Å². The van der Waals surface area contributed by atoms with Gasteiger partial charge < -0.3 is 9.84 Å².